The lowest BCUT2D eigenvalue weighted by Gasteiger charge is -2.31. The van der Waals surface area contributed by atoms with E-state index in [9.17, 15) is 9.59 Å². The van der Waals surface area contributed by atoms with Crippen LogP contribution in [0.5, 0.6) is 0 Å². The van der Waals surface area contributed by atoms with Gasteiger partial charge < -0.3 is 5.32 Å². The highest BCUT2D eigenvalue weighted by Crippen LogP contribution is 2.23. The van der Waals surface area contributed by atoms with Gasteiger partial charge in [0.2, 0.25) is 5.91 Å². The predicted molar refractivity (Wildman–Crippen MR) is 111 cm³/mol. The van der Waals surface area contributed by atoms with Gasteiger partial charge in [-0.2, -0.15) is 0 Å². The van der Waals surface area contributed by atoms with Crippen molar-refractivity contribution < 1.29 is 9.59 Å². The summed E-state index contributed by atoms with van der Waals surface area (Å²) in [6.07, 6.45) is 2.18. The zero-order chi connectivity index (χ0) is 19.4. The molecule has 2 aromatic carbocycles. The van der Waals surface area contributed by atoms with E-state index in [0.29, 0.717) is 12.2 Å². The van der Waals surface area contributed by atoms with Crippen LogP contribution < -0.4 is 10.2 Å². The van der Waals surface area contributed by atoms with E-state index in [2.05, 4.69) is 10.3 Å². The molecule has 27 heavy (non-hydrogen) atoms. The van der Waals surface area contributed by atoms with E-state index in [0.717, 1.165) is 23.1 Å². The highest BCUT2D eigenvalue weighted by Gasteiger charge is 2.38. The van der Waals surface area contributed by atoms with Gasteiger partial charge in [-0.25, -0.2) is 0 Å². The fourth-order valence-electron chi connectivity index (χ4n) is 2.85. The molecule has 0 unspecified atom stereocenters. The molecule has 0 spiro atoms. The van der Waals surface area contributed by atoms with E-state index in [4.69, 9.17) is 12.2 Å². The summed E-state index contributed by atoms with van der Waals surface area (Å²) < 4.78 is 0. The standard InChI is InChI=1S/C21H21N3O2S/c1-14-8-9-17(12-15(14)2)24-20(26)18(19(25)23-21(24)27)13-22-11-10-16-6-4-3-5-7-16/h3-9,12-13,18H,10-11H2,1-2H3,(H,23,25,27)/t18-/m1/s1. The molecule has 1 atom stereocenters. The van der Waals surface area contributed by atoms with Gasteiger partial charge in [0.1, 0.15) is 0 Å². The molecule has 6 heteroatoms. The number of aryl methyl sites for hydroxylation is 2. The first-order valence-corrected chi connectivity index (χ1v) is 9.18. The number of thiocarbonyl (C=S) groups is 1. The van der Waals surface area contributed by atoms with E-state index in [1.807, 2.05) is 62.4 Å². The van der Waals surface area contributed by atoms with Gasteiger partial charge in [0.15, 0.2) is 11.0 Å². The molecule has 0 aromatic heterocycles. The molecule has 0 aliphatic carbocycles. The van der Waals surface area contributed by atoms with Gasteiger partial charge in [-0.3, -0.25) is 19.5 Å². The highest BCUT2D eigenvalue weighted by molar-refractivity contribution is 7.80. The number of rotatable bonds is 5. The van der Waals surface area contributed by atoms with Gasteiger partial charge in [0, 0.05) is 12.8 Å². The number of aliphatic imine (C=N–C) groups is 1. The number of nitrogens with one attached hydrogen (secondary N) is 1. The summed E-state index contributed by atoms with van der Waals surface area (Å²) in [4.78, 5) is 30.8. The lowest BCUT2D eigenvalue weighted by molar-refractivity contribution is -0.130. The fourth-order valence-corrected chi connectivity index (χ4v) is 3.15. The van der Waals surface area contributed by atoms with E-state index in [1.54, 1.807) is 0 Å². The molecule has 1 fully saturated rings. The van der Waals surface area contributed by atoms with Crippen molar-refractivity contribution in [1.82, 2.24) is 5.32 Å². The van der Waals surface area contributed by atoms with Crippen molar-refractivity contribution in [1.29, 1.82) is 0 Å². The van der Waals surface area contributed by atoms with Crippen LogP contribution in [0, 0.1) is 19.8 Å². The second-order valence-electron chi connectivity index (χ2n) is 6.51. The molecule has 0 radical (unpaired) electrons. The molecule has 1 N–H and O–H groups in total. The third-order valence-corrected chi connectivity index (χ3v) is 4.86. The van der Waals surface area contributed by atoms with Crippen LogP contribution in [-0.4, -0.2) is 29.7 Å². The van der Waals surface area contributed by atoms with Crippen LogP contribution in [-0.2, 0) is 16.0 Å². The van der Waals surface area contributed by atoms with Crippen molar-refractivity contribution in [2.45, 2.75) is 20.3 Å². The Labute approximate surface area is 164 Å². The molecular formula is C21H21N3O2S. The van der Waals surface area contributed by atoms with Gasteiger partial charge in [0.05, 0.1) is 5.69 Å². The molecule has 1 heterocycles. The van der Waals surface area contributed by atoms with E-state index in [-0.39, 0.29) is 11.0 Å². The summed E-state index contributed by atoms with van der Waals surface area (Å²) in [6.45, 7) is 4.48. The quantitative estimate of drug-likeness (QED) is 0.494. The number of benzene rings is 2. The van der Waals surface area contributed by atoms with Gasteiger partial charge in [0.25, 0.3) is 5.91 Å². The molecule has 1 aliphatic rings. The Morgan fingerprint density at radius 2 is 1.85 bits per heavy atom. The lowest BCUT2D eigenvalue weighted by atomic mass is 10.0. The Morgan fingerprint density at radius 1 is 1.11 bits per heavy atom. The van der Waals surface area contributed by atoms with E-state index >= 15 is 0 Å². The molecule has 3 rings (SSSR count). The monoisotopic (exact) mass is 379 g/mol. The molecule has 0 saturated carbocycles. The predicted octanol–water partition coefficient (Wildman–Crippen LogP) is 2.98. The first kappa shape index (κ1) is 18.9. The lowest BCUT2D eigenvalue weighted by Crippen LogP contribution is -2.58. The Bertz CT molecular complexity index is 909. The van der Waals surface area contributed by atoms with Crippen LogP contribution in [0.2, 0.25) is 0 Å². The third-order valence-electron chi connectivity index (χ3n) is 4.58. The molecule has 2 aromatic rings. The Kier molecular flexibility index (Phi) is 5.76. The Hall–Kier alpha value is -2.86. The summed E-state index contributed by atoms with van der Waals surface area (Å²) in [5, 5.41) is 2.71. The van der Waals surface area contributed by atoms with Crippen LogP contribution >= 0.6 is 12.2 Å². The topological polar surface area (TPSA) is 61.8 Å². The van der Waals surface area contributed by atoms with E-state index in [1.165, 1.54) is 11.1 Å². The van der Waals surface area contributed by atoms with Crippen LogP contribution in [0.25, 0.3) is 0 Å². The number of amides is 2. The summed E-state index contributed by atoms with van der Waals surface area (Å²) >= 11 is 5.22. The molecule has 5 nitrogen and oxygen atoms in total. The van der Waals surface area contributed by atoms with Crippen LogP contribution in [0.3, 0.4) is 0 Å². The molecule has 138 valence electrons. The summed E-state index contributed by atoms with van der Waals surface area (Å²) in [7, 11) is 0. The maximum Gasteiger partial charge on any atom is 0.251 e. The zero-order valence-electron chi connectivity index (χ0n) is 15.3. The van der Waals surface area contributed by atoms with Crippen LogP contribution in [0.4, 0.5) is 5.69 Å². The summed E-state index contributed by atoms with van der Waals surface area (Å²) in [5.74, 6) is -1.79. The van der Waals surface area contributed by atoms with Gasteiger partial charge >= 0.3 is 0 Å². The smallest absolute Gasteiger partial charge is 0.251 e. The van der Waals surface area contributed by atoms with Crippen LogP contribution in [0.1, 0.15) is 16.7 Å². The number of hydrogen-bond acceptors (Lipinski definition) is 4. The van der Waals surface area contributed by atoms with Gasteiger partial charge in [-0.15, -0.1) is 0 Å². The number of anilines is 1. The normalized spacial score (nSPS) is 17.5. The highest BCUT2D eigenvalue weighted by atomic mass is 32.1. The number of hydrogen-bond donors (Lipinski definition) is 1. The minimum Gasteiger partial charge on any atom is -0.301 e. The number of nitrogens with zero attached hydrogens (tertiary/aromatic N) is 2. The minimum absolute atomic E-state index is 0.0992. The maximum atomic E-state index is 12.9. The second-order valence-corrected chi connectivity index (χ2v) is 6.89. The largest absolute Gasteiger partial charge is 0.301 e. The van der Waals surface area contributed by atoms with Crippen molar-refractivity contribution in [3.8, 4) is 0 Å². The fraction of sp³-hybridized carbons (Fsp3) is 0.238. The Morgan fingerprint density at radius 3 is 2.56 bits per heavy atom. The average molecular weight is 379 g/mol. The Balaban J connectivity index is 1.74. The minimum atomic E-state index is -0.978. The van der Waals surface area contributed by atoms with Crippen molar-refractivity contribution >= 4 is 41.0 Å². The number of carbonyl (C=O) groups excluding carboxylic acids is 2. The van der Waals surface area contributed by atoms with Gasteiger partial charge in [-0.1, -0.05) is 36.4 Å². The molecule has 2 amide bonds. The van der Waals surface area contributed by atoms with Crippen molar-refractivity contribution in [3.63, 3.8) is 0 Å². The van der Waals surface area contributed by atoms with E-state index < -0.39 is 11.8 Å². The maximum absolute atomic E-state index is 12.9. The molecule has 0 bridgehead atoms. The SMILES string of the molecule is Cc1ccc(N2C(=O)[C@H](C=NCCc3ccccc3)C(=O)NC2=S)cc1C. The zero-order valence-corrected chi connectivity index (χ0v) is 16.1. The second kappa shape index (κ2) is 8.22. The average Bonchev–Trinajstić information content (AvgIpc) is 2.64. The summed E-state index contributed by atoms with van der Waals surface area (Å²) in [6, 6.07) is 15.6. The number of carbonyl (C=O) groups is 2. The third kappa shape index (κ3) is 4.28. The first-order chi connectivity index (χ1) is 13.0. The molecular weight excluding hydrogens is 358 g/mol. The molecule has 1 saturated heterocycles. The van der Waals surface area contributed by atoms with Crippen molar-refractivity contribution in [2.24, 2.45) is 10.9 Å². The summed E-state index contributed by atoms with van der Waals surface area (Å²) in [5.41, 5.74) is 3.98. The van der Waals surface area contributed by atoms with Crippen molar-refractivity contribution in [3.05, 3.63) is 65.2 Å². The van der Waals surface area contributed by atoms with Gasteiger partial charge in [-0.05, 0) is 61.3 Å². The van der Waals surface area contributed by atoms with Crippen molar-refractivity contribution in [2.75, 3.05) is 11.4 Å². The van der Waals surface area contributed by atoms with Crippen LogP contribution in [0.15, 0.2) is 53.5 Å². The molecule has 1 aliphatic heterocycles. The first-order valence-electron chi connectivity index (χ1n) is 8.77.